The molecule has 1 heterocycles. The summed E-state index contributed by atoms with van der Waals surface area (Å²) in [4.78, 5) is 0. The molecule has 2 aromatic rings. The molecular weight excluding hydrogens is 266 g/mol. The Balaban J connectivity index is 2.39. The summed E-state index contributed by atoms with van der Waals surface area (Å²) in [6.45, 7) is 3.44. The summed E-state index contributed by atoms with van der Waals surface area (Å²) in [6, 6.07) is 11.4. The van der Waals surface area contributed by atoms with E-state index in [1.165, 1.54) is 0 Å². The van der Waals surface area contributed by atoms with E-state index in [0.717, 1.165) is 10.9 Å². The Morgan fingerprint density at radius 2 is 1.79 bits per heavy atom. The number of pyridine rings is 1. The van der Waals surface area contributed by atoms with Crippen LogP contribution in [0, 0.1) is 0 Å². The van der Waals surface area contributed by atoms with Crippen LogP contribution in [0.4, 0.5) is 0 Å². The molecule has 19 heavy (non-hydrogen) atoms. The first-order valence-electron chi connectivity index (χ1n) is 5.93. The van der Waals surface area contributed by atoms with Crippen LogP contribution in [0.5, 0.6) is 0 Å². The molecule has 0 aliphatic heterocycles. The van der Waals surface area contributed by atoms with Crippen molar-refractivity contribution in [1.29, 1.82) is 0 Å². The van der Waals surface area contributed by atoms with Gasteiger partial charge in [0.05, 0.1) is 0 Å². The number of aromatic nitrogens is 1. The smallest absolute Gasteiger partial charge is 0.264 e. The van der Waals surface area contributed by atoms with E-state index in [1.807, 2.05) is 54.1 Å². The lowest BCUT2D eigenvalue weighted by atomic mass is 10.1. The van der Waals surface area contributed by atoms with Gasteiger partial charge in [-0.1, -0.05) is 12.1 Å². The molecule has 0 aliphatic rings. The molecule has 0 aliphatic carbocycles. The lowest BCUT2D eigenvalue weighted by Gasteiger charge is -2.15. The van der Waals surface area contributed by atoms with Gasteiger partial charge in [0.1, 0.15) is 6.10 Å². The van der Waals surface area contributed by atoms with E-state index in [1.54, 1.807) is 6.92 Å². The molecule has 0 saturated carbocycles. The van der Waals surface area contributed by atoms with Gasteiger partial charge in [-0.15, -0.1) is 0 Å². The molecule has 0 saturated heterocycles. The quantitative estimate of drug-likeness (QED) is 0.687. The van der Waals surface area contributed by atoms with E-state index in [9.17, 15) is 8.42 Å². The lowest BCUT2D eigenvalue weighted by molar-refractivity contribution is -0.701. The van der Waals surface area contributed by atoms with Crippen molar-refractivity contribution in [3.05, 3.63) is 42.6 Å². The lowest BCUT2D eigenvalue weighted by Crippen LogP contribution is -2.44. The number of hydrogen-bond acceptors (Lipinski definition) is 3. The second kappa shape index (κ2) is 5.24. The molecule has 6 heteroatoms. The normalized spacial score (nSPS) is 15.3. The third-order valence-corrected chi connectivity index (χ3v) is 3.68. The first-order chi connectivity index (χ1) is 8.88. The molecule has 2 rings (SSSR count). The van der Waals surface area contributed by atoms with E-state index in [0.29, 0.717) is 0 Å². The predicted octanol–water partition coefficient (Wildman–Crippen LogP) is 1.90. The van der Waals surface area contributed by atoms with Gasteiger partial charge < -0.3 is 0 Å². The SMILES string of the molecule is CC(OS(=O)(=O)O)C(C)[n+]1cccc2ccccc21. The van der Waals surface area contributed by atoms with Gasteiger partial charge in [-0.2, -0.15) is 13.0 Å². The van der Waals surface area contributed by atoms with Crippen LogP contribution < -0.4 is 4.57 Å². The predicted molar refractivity (Wildman–Crippen MR) is 70.9 cm³/mol. The van der Waals surface area contributed by atoms with E-state index in [-0.39, 0.29) is 6.04 Å². The van der Waals surface area contributed by atoms with Gasteiger partial charge in [0.15, 0.2) is 12.2 Å². The number of para-hydroxylation sites is 1. The molecule has 102 valence electrons. The average Bonchev–Trinajstić information content (AvgIpc) is 2.35. The van der Waals surface area contributed by atoms with Crippen LogP contribution in [0.15, 0.2) is 42.6 Å². The Hall–Kier alpha value is -1.50. The number of nitrogens with zero attached hydrogens (tertiary/aromatic N) is 1. The van der Waals surface area contributed by atoms with Gasteiger partial charge >= 0.3 is 10.4 Å². The Morgan fingerprint density at radius 3 is 2.47 bits per heavy atom. The molecule has 0 spiro atoms. The molecule has 1 N–H and O–H groups in total. The Kier molecular flexibility index (Phi) is 3.84. The third-order valence-electron chi connectivity index (χ3n) is 3.13. The van der Waals surface area contributed by atoms with Crippen LogP contribution in [0.1, 0.15) is 19.9 Å². The monoisotopic (exact) mass is 282 g/mol. The van der Waals surface area contributed by atoms with Crippen molar-refractivity contribution in [3.63, 3.8) is 0 Å². The number of fused-ring (bicyclic) bond motifs is 1. The Labute approximate surface area is 112 Å². The van der Waals surface area contributed by atoms with Crippen molar-refractivity contribution in [2.24, 2.45) is 0 Å². The zero-order valence-electron chi connectivity index (χ0n) is 10.7. The highest BCUT2D eigenvalue weighted by atomic mass is 32.3. The van der Waals surface area contributed by atoms with Crippen molar-refractivity contribution < 1.29 is 21.7 Å². The number of rotatable bonds is 4. The van der Waals surface area contributed by atoms with Gasteiger partial charge in [-0.05, 0) is 19.1 Å². The largest absolute Gasteiger partial charge is 0.397 e. The molecule has 2 atom stereocenters. The number of hydrogen-bond donors (Lipinski definition) is 1. The van der Waals surface area contributed by atoms with E-state index < -0.39 is 16.5 Å². The average molecular weight is 282 g/mol. The second-order valence-corrected chi connectivity index (χ2v) is 5.49. The Bertz CT molecular complexity index is 679. The summed E-state index contributed by atoms with van der Waals surface area (Å²) < 4.78 is 36.8. The van der Waals surface area contributed by atoms with Gasteiger partial charge in [0.25, 0.3) is 0 Å². The second-order valence-electron chi connectivity index (χ2n) is 4.44. The molecule has 0 radical (unpaired) electrons. The molecule has 0 bridgehead atoms. The van der Waals surface area contributed by atoms with Crippen molar-refractivity contribution in [2.75, 3.05) is 0 Å². The first kappa shape index (κ1) is 13.9. The van der Waals surface area contributed by atoms with Crippen molar-refractivity contribution in [1.82, 2.24) is 0 Å². The van der Waals surface area contributed by atoms with Gasteiger partial charge in [-0.25, -0.2) is 4.18 Å². The topological polar surface area (TPSA) is 67.5 Å². The van der Waals surface area contributed by atoms with E-state index in [4.69, 9.17) is 4.55 Å². The van der Waals surface area contributed by atoms with Crippen LogP contribution in [-0.4, -0.2) is 19.1 Å². The zero-order valence-corrected chi connectivity index (χ0v) is 11.5. The molecule has 0 amide bonds. The molecular formula is C13H16NO4S+. The minimum atomic E-state index is -4.44. The maximum Gasteiger partial charge on any atom is 0.397 e. The van der Waals surface area contributed by atoms with Gasteiger partial charge in [-0.3, -0.25) is 4.55 Å². The van der Waals surface area contributed by atoms with Gasteiger partial charge in [0.2, 0.25) is 5.52 Å². The summed E-state index contributed by atoms with van der Waals surface area (Å²) in [5, 5.41) is 1.05. The molecule has 1 aromatic heterocycles. The van der Waals surface area contributed by atoms with Crippen LogP contribution in [-0.2, 0) is 14.6 Å². The minimum Gasteiger partial charge on any atom is -0.264 e. The van der Waals surface area contributed by atoms with Crippen LogP contribution >= 0.6 is 0 Å². The summed E-state index contributed by atoms with van der Waals surface area (Å²) in [5.74, 6) is 0. The standard InChI is InChI=1S/C13H15NO4S/c1-10(11(2)18-19(15,16)17)14-9-5-7-12-6-3-4-8-13(12)14/h3-11H,1-2H3/p+1. The van der Waals surface area contributed by atoms with Crippen molar-refractivity contribution >= 4 is 21.3 Å². The molecule has 2 unspecified atom stereocenters. The highest BCUT2D eigenvalue weighted by Gasteiger charge is 2.27. The molecule has 5 nitrogen and oxygen atoms in total. The van der Waals surface area contributed by atoms with Crippen molar-refractivity contribution in [3.8, 4) is 0 Å². The van der Waals surface area contributed by atoms with Crippen LogP contribution in [0.3, 0.4) is 0 Å². The first-order valence-corrected chi connectivity index (χ1v) is 7.29. The summed E-state index contributed by atoms with van der Waals surface area (Å²) >= 11 is 0. The van der Waals surface area contributed by atoms with Gasteiger partial charge in [0, 0.05) is 24.4 Å². The maximum atomic E-state index is 10.8. The fraction of sp³-hybridized carbons (Fsp3) is 0.308. The maximum absolute atomic E-state index is 10.8. The minimum absolute atomic E-state index is 0.243. The molecule has 0 fully saturated rings. The van der Waals surface area contributed by atoms with E-state index >= 15 is 0 Å². The zero-order chi connectivity index (χ0) is 14.0. The van der Waals surface area contributed by atoms with Crippen molar-refractivity contribution in [2.45, 2.75) is 26.0 Å². The molecule has 1 aromatic carbocycles. The van der Waals surface area contributed by atoms with E-state index in [2.05, 4.69) is 4.18 Å². The highest BCUT2D eigenvalue weighted by molar-refractivity contribution is 7.80. The summed E-state index contributed by atoms with van der Waals surface area (Å²) in [5.41, 5.74) is 0.975. The summed E-state index contributed by atoms with van der Waals surface area (Å²) in [6.07, 6.45) is 1.18. The number of benzene rings is 1. The van der Waals surface area contributed by atoms with Crippen LogP contribution in [0.2, 0.25) is 0 Å². The Morgan fingerprint density at radius 1 is 1.16 bits per heavy atom. The van der Waals surface area contributed by atoms with Crippen LogP contribution in [0.25, 0.3) is 10.9 Å². The highest BCUT2D eigenvalue weighted by Crippen LogP contribution is 2.14. The fourth-order valence-electron chi connectivity index (χ4n) is 2.04. The fourth-order valence-corrected chi connectivity index (χ4v) is 2.58. The summed E-state index contributed by atoms with van der Waals surface area (Å²) in [7, 11) is -4.44. The third kappa shape index (κ3) is 3.28.